The fourth-order valence-electron chi connectivity index (χ4n) is 1.32. The zero-order valence-corrected chi connectivity index (χ0v) is 10.5. The maximum atomic E-state index is 10.9. The van der Waals surface area contributed by atoms with Gasteiger partial charge >= 0.3 is 5.97 Å². The molecule has 1 N–H and O–H groups in total. The number of halogens is 1. The van der Waals surface area contributed by atoms with Crippen molar-refractivity contribution < 1.29 is 19.4 Å². The van der Waals surface area contributed by atoms with Gasteiger partial charge in [0.15, 0.2) is 0 Å². The molecule has 0 fully saturated rings. The second kappa shape index (κ2) is 6.47. The minimum absolute atomic E-state index is 0.0437. The summed E-state index contributed by atoms with van der Waals surface area (Å²) in [5, 5.41) is 9.11. The van der Waals surface area contributed by atoms with Crippen molar-refractivity contribution in [3.8, 4) is 5.75 Å². The molecule has 1 atom stereocenters. The van der Waals surface area contributed by atoms with Gasteiger partial charge in [-0.05, 0) is 25.1 Å². The molecule has 0 amide bonds. The number of hydrogen-bond acceptors (Lipinski definition) is 3. The Labute approximate surface area is 105 Å². The van der Waals surface area contributed by atoms with Crippen LogP contribution in [0.5, 0.6) is 5.75 Å². The SMILES string of the molecule is COCCC(C)Oc1ccc(Cl)c(C(=O)O)c1. The highest BCUT2D eigenvalue weighted by Gasteiger charge is 2.11. The lowest BCUT2D eigenvalue weighted by atomic mass is 10.2. The summed E-state index contributed by atoms with van der Waals surface area (Å²) in [6.45, 7) is 2.49. The molecule has 94 valence electrons. The largest absolute Gasteiger partial charge is 0.491 e. The average Bonchev–Trinajstić information content (AvgIpc) is 2.28. The Kier molecular flexibility index (Phi) is 5.25. The molecule has 0 saturated carbocycles. The van der Waals surface area contributed by atoms with Gasteiger partial charge in [-0.2, -0.15) is 0 Å². The van der Waals surface area contributed by atoms with E-state index in [0.29, 0.717) is 12.4 Å². The molecule has 0 bridgehead atoms. The highest BCUT2D eigenvalue weighted by Crippen LogP contribution is 2.23. The molecular weight excluding hydrogens is 244 g/mol. The third-order valence-electron chi connectivity index (χ3n) is 2.23. The van der Waals surface area contributed by atoms with E-state index in [1.807, 2.05) is 6.92 Å². The number of aromatic carboxylic acids is 1. The highest BCUT2D eigenvalue weighted by atomic mass is 35.5. The van der Waals surface area contributed by atoms with Crippen molar-refractivity contribution >= 4 is 17.6 Å². The number of carboxylic acid groups (broad SMARTS) is 1. The fourth-order valence-corrected chi connectivity index (χ4v) is 1.52. The van der Waals surface area contributed by atoms with Gasteiger partial charge in [0.2, 0.25) is 0 Å². The quantitative estimate of drug-likeness (QED) is 0.852. The van der Waals surface area contributed by atoms with Gasteiger partial charge in [-0.3, -0.25) is 0 Å². The summed E-state index contributed by atoms with van der Waals surface area (Å²) in [6.07, 6.45) is 0.694. The Morgan fingerprint density at radius 2 is 2.24 bits per heavy atom. The minimum atomic E-state index is -1.06. The third-order valence-corrected chi connectivity index (χ3v) is 2.56. The lowest BCUT2D eigenvalue weighted by Crippen LogP contribution is -2.14. The Morgan fingerprint density at radius 1 is 1.53 bits per heavy atom. The molecular formula is C12H15ClO4. The van der Waals surface area contributed by atoms with Crippen LogP contribution in [-0.2, 0) is 4.74 Å². The van der Waals surface area contributed by atoms with Crippen LogP contribution in [0.15, 0.2) is 18.2 Å². The van der Waals surface area contributed by atoms with Crippen molar-refractivity contribution in [3.63, 3.8) is 0 Å². The van der Waals surface area contributed by atoms with Crippen LogP contribution in [0.1, 0.15) is 23.7 Å². The van der Waals surface area contributed by atoms with Gasteiger partial charge in [0.1, 0.15) is 5.75 Å². The Hall–Kier alpha value is -1.26. The van der Waals surface area contributed by atoms with E-state index in [1.165, 1.54) is 12.1 Å². The second-order valence-corrected chi connectivity index (χ2v) is 4.06. The molecule has 0 aromatic heterocycles. The summed E-state index contributed by atoms with van der Waals surface area (Å²) in [5.74, 6) is -0.569. The lowest BCUT2D eigenvalue weighted by Gasteiger charge is -2.14. The number of rotatable bonds is 6. The molecule has 1 rings (SSSR count). The normalized spacial score (nSPS) is 12.2. The Bertz CT molecular complexity index is 392. The first-order chi connectivity index (χ1) is 8.04. The maximum Gasteiger partial charge on any atom is 0.337 e. The molecule has 0 spiro atoms. The van der Waals surface area contributed by atoms with E-state index in [1.54, 1.807) is 13.2 Å². The van der Waals surface area contributed by atoms with Crippen molar-refractivity contribution in [1.29, 1.82) is 0 Å². The van der Waals surface area contributed by atoms with Gasteiger partial charge in [0.05, 0.1) is 16.7 Å². The zero-order chi connectivity index (χ0) is 12.8. The number of methoxy groups -OCH3 is 1. The molecule has 1 aromatic carbocycles. The van der Waals surface area contributed by atoms with Gasteiger partial charge in [-0.25, -0.2) is 4.79 Å². The zero-order valence-electron chi connectivity index (χ0n) is 9.77. The second-order valence-electron chi connectivity index (χ2n) is 3.66. The molecule has 0 aliphatic rings. The van der Waals surface area contributed by atoms with E-state index in [9.17, 15) is 4.79 Å². The van der Waals surface area contributed by atoms with Crippen LogP contribution in [0.4, 0.5) is 0 Å². The molecule has 1 unspecified atom stereocenters. The lowest BCUT2D eigenvalue weighted by molar-refractivity contribution is 0.0696. The van der Waals surface area contributed by atoms with Crippen LogP contribution in [0.2, 0.25) is 5.02 Å². The van der Waals surface area contributed by atoms with Crippen molar-refractivity contribution in [2.75, 3.05) is 13.7 Å². The van der Waals surface area contributed by atoms with Gasteiger partial charge in [0.25, 0.3) is 0 Å². The summed E-state index contributed by atoms with van der Waals surface area (Å²) in [7, 11) is 1.62. The van der Waals surface area contributed by atoms with Crippen LogP contribution in [0.25, 0.3) is 0 Å². The number of carboxylic acids is 1. The van der Waals surface area contributed by atoms with Gasteiger partial charge < -0.3 is 14.6 Å². The monoisotopic (exact) mass is 258 g/mol. The van der Waals surface area contributed by atoms with E-state index in [2.05, 4.69) is 0 Å². The van der Waals surface area contributed by atoms with Crippen molar-refractivity contribution in [3.05, 3.63) is 28.8 Å². The van der Waals surface area contributed by atoms with Crippen LogP contribution in [-0.4, -0.2) is 30.9 Å². The summed E-state index contributed by atoms with van der Waals surface area (Å²) < 4.78 is 10.5. The fraction of sp³-hybridized carbons (Fsp3) is 0.417. The summed E-state index contributed by atoms with van der Waals surface area (Å²) >= 11 is 5.75. The standard InChI is InChI=1S/C12H15ClO4/c1-8(5-6-16-2)17-9-3-4-11(13)10(7-9)12(14)15/h3-4,7-8H,5-6H2,1-2H3,(H,14,15). The predicted octanol–water partition coefficient (Wildman–Crippen LogP) is 2.84. The van der Waals surface area contributed by atoms with Crippen LogP contribution in [0, 0.1) is 0 Å². The Morgan fingerprint density at radius 3 is 2.82 bits per heavy atom. The van der Waals surface area contributed by atoms with Crippen LogP contribution >= 0.6 is 11.6 Å². The van der Waals surface area contributed by atoms with Gasteiger partial charge in [0, 0.05) is 20.1 Å². The number of benzene rings is 1. The first-order valence-electron chi connectivity index (χ1n) is 5.23. The van der Waals surface area contributed by atoms with E-state index in [0.717, 1.165) is 6.42 Å². The molecule has 0 saturated heterocycles. The van der Waals surface area contributed by atoms with Gasteiger partial charge in [-0.15, -0.1) is 0 Å². The molecule has 17 heavy (non-hydrogen) atoms. The summed E-state index contributed by atoms with van der Waals surface area (Å²) in [6, 6.07) is 4.59. The summed E-state index contributed by atoms with van der Waals surface area (Å²) in [4.78, 5) is 10.9. The summed E-state index contributed by atoms with van der Waals surface area (Å²) in [5.41, 5.74) is 0.0445. The minimum Gasteiger partial charge on any atom is -0.491 e. The predicted molar refractivity (Wildman–Crippen MR) is 65.0 cm³/mol. The molecule has 0 radical (unpaired) electrons. The van der Waals surface area contributed by atoms with Crippen molar-refractivity contribution in [2.24, 2.45) is 0 Å². The van der Waals surface area contributed by atoms with Crippen molar-refractivity contribution in [1.82, 2.24) is 0 Å². The number of carbonyl (C=O) groups is 1. The number of ether oxygens (including phenoxy) is 2. The maximum absolute atomic E-state index is 10.9. The van der Waals surface area contributed by atoms with Gasteiger partial charge in [-0.1, -0.05) is 11.6 Å². The van der Waals surface area contributed by atoms with E-state index < -0.39 is 5.97 Å². The number of hydrogen-bond donors (Lipinski definition) is 1. The highest BCUT2D eigenvalue weighted by molar-refractivity contribution is 6.33. The molecule has 0 heterocycles. The Balaban J connectivity index is 2.72. The molecule has 5 heteroatoms. The topological polar surface area (TPSA) is 55.8 Å². The molecule has 0 aliphatic carbocycles. The van der Waals surface area contributed by atoms with Crippen LogP contribution < -0.4 is 4.74 Å². The van der Waals surface area contributed by atoms with E-state index >= 15 is 0 Å². The first-order valence-corrected chi connectivity index (χ1v) is 5.61. The van der Waals surface area contributed by atoms with E-state index in [-0.39, 0.29) is 16.7 Å². The smallest absolute Gasteiger partial charge is 0.337 e. The third kappa shape index (κ3) is 4.24. The van der Waals surface area contributed by atoms with Crippen LogP contribution in [0.3, 0.4) is 0 Å². The first kappa shape index (κ1) is 13.8. The molecule has 4 nitrogen and oxygen atoms in total. The average molecular weight is 259 g/mol. The molecule has 1 aromatic rings. The van der Waals surface area contributed by atoms with Crippen molar-refractivity contribution in [2.45, 2.75) is 19.4 Å². The molecule has 0 aliphatic heterocycles. The van der Waals surface area contributed by atoms with E-state index in [4.69, 9.17) is 26.2 Å².